The van der Waals surface area contributed by atoms with E-state index in [0.29, 0.717) is 22.2 Å². The van der Waals surface area contributed by atoms with Crippen LogP contribution in [0, 0.1) is 13.8 Å². The lowest BCUT2D eigenvalue weighted by molar-refractivity contribution is 0.543. The summed E-state index contributed by atoms with van der Waals surface area (Å²) < 4.78 is 35.8. The molecule has 1 aromatic heterocycles. The summed E-state index contributed by atoms with van der Waals surface area (Å²) in [5.74, 6) is 0. The summed E-state index contributed by atoms with van der Waals surface area (Å²) in [6, 6.07) is 21.4. The Kier molecular flexibility index (Phi) is 4.72. The molecule has 4 aromatic rings. The number of hydrogen-bond donors (Lipinski definition) is 1. The van der Waals surface area contributed by atoms with E-state index in [9.17, 15) is 8.42 Å². The molecule has 0 fully saturated rings. The smallest absolute Gasteiger partial charge is 0.285 e. The van der Waals surface area contributed by atoms with Gasteiger partial charge >= 0.3 is 0 Å². The van der Waals surface area contributed by atoms with Crippen LogP contribution in [0.3, 0.4) is 0 Å². The van der Waals surface area contributed by atoms with Crippen molar-refractivity contribution in [3.8, 4) is 11.1 Å². The first-order valence-corrected chi connectivity index (χ1v) is 10.6. The third kappa shape index (κ3) is 3.67. The highest BCUT2D eigenvalue weighted by Gasteiger charge is 2.17. The molecule has 0 saturated heterocycles. The predicted molar refractivity (Wildman–Crippen MR) is 115 cm³/mol. The van der Waals surface area contributed by atoms with Crippen LogP contribution in [0.25, 0.3) is 22.1 Å². The molecule has 3 aromatic carbocycles. The van der Waals surface area contributed by atoms with Gasteiger partial charge in [0.15, 0.2) is 0 Å². The largest absolute Gasteiger partial charge is 0.437 e. The van der Waals surface area contributed by atoms with Gasteiger partial charge < -0.3 is 10.2 Å². The minimum absolute atomic E-state index is 0.0365. The van der Waals surface area contributed by atoms with Crippen LogP contribution >= 0.6 is 0 Å². The molecule has 0 radical (unpaired) electrons. The van der Waals surface area contributed by atoms with Gasteiger partial charge in [-0.05, 0) is 43.7 Å². The fourth-order valence-corrected chi connectivity index (χ4v) is 4.05. The van der Waals surface area contributed by atoms with Crippen LogP contribution in [-0.2, 0) is 10.0 Å². The first-order chi connectivity index (χ1) is 13.8. The molecular formula is C23H20N2O3S. The number of sulfonamides is 1. The molecule has 0 unspecified atom stereocenters. The highest BCUT2D eigenvalue weighted by molar-refractivity contribution is 7.90. The SMILES string of the molecule is Cc1ccc(-c2c(N)c3ccccc3oc2=NS(=O)(=O)c2ccc(C)cc2)cc1. The molecule has 0 aliphatic rings. The fourth-order valence-electron chi connectivity index (χ4n) is 3.12. The van der Waals surface area contributed by atoms with E-state index in [1.165, 1.54) is 12.1 Å². The molecule has 29 heavy (non-hydrogen) atoms. The molecule has 5 nitrogen and oxygen atoms in total. The highest BCUT2D eigenvalue weighted by Crippen LogP contribution is 2.30. The average molecular weight is 404 g/mol. The standard InChI is InChI=1S/C23H20N2O3S/c1-15-7-11-17(12-8-15)21-22(24)19-5-3-4-6-20(19)28-23(21)25-29(26,27)18-13-9-16(2)10-14-18/h3-14H,24H2,1-2H3. The van der Waals surface area contributed by atoms with E-state index in [-0.39, 0.29) is 10.4 Å². The van der Waals surface area contributed by atoms with Gasteiger partial charge in [-0.15, -0.1) is 4.40 Å². The topological polar surface area (TPSA) is 85.7 Å². The second-order valence-corrected chi connectivity index (χ2v) is 8.54. The van der Waals surface area contributed by atoms with Crippen LogP contribution in [0.15, 0.2) is 86.5 Å². The summed E-state index contributed by atoms with van der Waals surface area (Å²) in [4.78, 5) is 0.0971. The third-order valence-corrected chi connectivity index (χ3v) is 6.00. The van der Waals surface area contributed by atoms with E-state index in [1.807, 2.05) is 50.2 Å². The van der Waals surface area contributed by atoms with Crippen LogP contribution < -0.4 is 11.3 Å². The summed E-state index contributed by atoms with van der Waals surface area (Å²) in [5, 5.41) is 0.703. The Labute approximate surface area is 169 Å². The second-order valence-electron chi connectivity index (χ2n) is 6.94. The lowest BCUT2D eigenvalue weighted by atomic mass is 10.0. The van der Waals surface area contributed by atoms with Gasteiger partial charge in [-0.2, -0.15) is 8.42 Å². The van der Waals surface area contributed by atoms with Crippen molar-refractivity contribution in [3.63, 3.8) is 0 Å². The van der Waals surface area contributed by atoms with Gasteiger partial charge in [0.25, 0.3) is 10.0 Å². The quantitative estimate of drug-likeness (QED) is 0.541. The number of hydrogen-bond acceptors (Lipinski definition) is 4. The first-order valence-electron chi connectivity index (χ1n) is 9.11. The minimum Gasteiger partial charge on any atom is -0.437 e. The molecule has 0 bridgehead atoms. The van der Waals surface area contributed by atoms with Crippen molar-refractivity contribution in [2.75, 3.05) is 5.73 Å². The molecule has 0 aliphatic carbocycles. The summed E-state index contributed by atoms with van der Waals surface area (Å²) in [5.41, 5.74) is 10.5. The molecule has 0 spiro atoms. The van der Waals surface area contributed by atoms with Crippen molar-refractivity contribution < 1.29 is 12.8 Å². The molecule has 1 heterocycles. The summed E-state index contributed by atoms with van der Waals surface area (Å²) >= 11 is 0. The van der Waals surface area contributed by atoms with E-state index >= 15 is 0 Å². The molecule has 2 N–H and O–H groups in total. The molecule has 6 heteroatoms. The van der Waals surface area contributed by atoms with Crippen LogP contribution in [-0.4, -0.2) is 8.42 Å². The first kappa shape index (κ1) is 19.0. The number of nitrogens with two attached hydrogens (primary N) is 1. The maximum atomic E-state index is 12.9. The van der Waals surface area contributed by atoms with Crippen LogP contribution in [0.4, 0.5) is 5.69 Å². The van der Waals surface area contributed by atoms with Gasteiger partial charge in [-0.25, -0.2) is 0 Å². The minimum atomic E-state index is -3.98. The molecule has 0 amide bonds. The normalized spacial score (nSPS) is 12.4. The molecular weight excluding hydrogens is 384 g/mol. The number of nitrogens with zero attached hydrogens (tertiary/aromatic N) is 1. The van der Waals surface area contributed by atoms with Gasteiger partial charge in [0.2, 0.25) is 5.55 Å². The lowest BCUT2D eigenvalue weighted by Crippen LogP contribution is -2.13. The molecule has 0 aliphatic heterocycles. The monoisotopic (exact) mass is 404 g/mol. The van der Waals surface area contributed by atoms with Crippen LogP contribution in [0.1, 0.15) is 11.1 Å². The Morgan fingerprint density at radius 1 is 0.828 bits per heavy atom. The maximum absolute atomic E-state index is 12.9. The zero-order chi connectivity index (χ0) is 20.6. The summed E-state index contributed by atoms with van der Waals surface area (Å²) in [7, 11) is -3.98. The molecule has 0 saturated carbocycles. The van der Waals surface area contributed by atoms with Crippen molar-refractivity contribution in [3.05, 3.63) is 89.5 Å². The Bertz CT molecular complexity index is 1370. The van der Waals surface area contributed by atoms with Crippen molar-refractivity contribution >= 4 is 26.7 Å². The number of anilines is 1. The van der Waals surface area contributed by atoms with E-state index in [2.05, 4.69) is 4.40 Å². The van der Waals surface area contributed by atoms with Crippen molar-refractivity contribution in [2.24, 2.45) is 4.40 Å². The number of rotatable bonds is 3. The molecule has 0 atom stereocenters. The number of benzene rings is 3. The van der Waals surface area contributed by atoms with Crippen molar-refractivity contribution in [2.45, 2.75) is 18.7 Å². The summed E-state index contributed by atoms with van der Waals surface area (Å²) in [6.07, 6.45) is 0. The number of aryl methyl sites for hydroxylation is 2. The second kappa shape index (κ2) is 7.22. The van der Waals surface area contributed by atoms with Gasteiger partial charge in [0.1, 0.15) is 5.58 Å². The zero-order valence-electron chi connectivity index (χ0n) is 16.1. The zero-order valence-corrected chi connectivity index (χ0v) is 16.9. The lowest BCUT2D eigenvalue weighted by Gasteiger charge is -2.10. The van der Waals surface area contributed by atoms with Gasteiger partial charge in [0.05, 0.1) is 16.1 Å². The Morgan fingerprint density at radius 3 is 2.07 bits per heavy atom. The molecule has 146 valence electrons. The number of para-hydroxylation sites is 1. The van der Waals surface area contributed by atoms with Gasteiger partial charge in [0, 0.05) is 5.39 Å². The molecule has 4 rings (SSSR count). The van der Waals surface area contributed by atoms with Gasteiger partial charge in [-0.1, -0.05) is 59.7 Å². The van der Waals surface area contributed by atoms with E-state index in [4.69, 9.17) is 10.2 Å². The Morgan fingerprint density at radius 2 is 1.41 bits per heavy atom. The van der Waals surface area contributed by atoms with Gasteiger partial charge in [-0.3, -0.25) is 0 Å². The number of nitrogen functional groups attached to an aromatic ring is 1. The van der Waals surface area contributed by atoms with E-state index in [1.54, 1.807) is 24.3 Å². The van der Waals surface area contributed by atoms with Crippen molar-refractivity contribution in [1.82, 2.24) is 0 Å². The average Bonchev–Trinajstić information content (AvgIpc) is 2.69. The van der Waals surface area contributed by atoms with E-state index < -0.39 is 10.0 Å². The predicted octanol–water partition coefficient (Wildman–Crippen LogP) is 4.59. The van der Waals surface area contributed by atoms with Crippen LogP contribution in [0.2, 0.25) is 0 Å². The Hall–Kier alpha value is -3.38. The Balaban J connectivity index is 2.05. The highest BCUT2D eigenvalue weighted by atomic mass is 32.2. The fraction of sp³-hybridized carbons (Fsp3) is 0.0870. The van der Waals surface area contributed by atoms with E-state index in [0.717, 1.165) is 16.7 Å². The van der Waals surface area contributed by atoms with Crippen LogP contribution in [0.5, 0.6) is 0 Å². The summed E-state index contributed by atoms with van der Waals surface area (Å²) in [6.45, 7) is 3.87. The number of fused-ring (bicyclic) bond motifs is 1. The third-order valence-electron chi connectivity index (χ3n) is 4.73. The van der Waals surface area contributed by atoms with Crippen molar-refractivity contribution in [1.29, 1.82) is 0 Å². The maximum Gasteiger partial charge on any atom is 0.285 e.